The number of nitrogens with zero attached hydrogens (tertiary/aromatic N) is 2. The van der Waals surface area contributed by atoms with E-state index in [0.29, 0.717) is 0 Å². The van der Waals surface area contributed by atoms with Gasteiger partial charge in [-0.05, 0) is 37.0 Å². The van der Waals surface area contributed by atoms with Crippen molar-refractivity contribution in [1.82, 2.24) is 4.98 Å². The van der Waals surface area contributed by atoms with Gasteiger partial charge in [0.25, 0.3) is 0 Å². The summed E-state index contributed by atoms with van der Waals surface area (Å²) >= 11 is 1.69. The van der Waals surface area contributed by atoms with Crippen LogP contribution in [0.3, 0.4) is 0 Å². The maximum atomic E-state index is 10.2. The molecule has 0 spiro atoms. The van der Waals surface area contributed by atoms with Crippen LogP contribution in [0.2, 0.25) is 0 Å². The molecule has 1 heterocycles. The molecule has 0 aromatic carbocycles. The molecule has 1 N–H and O–H groups in total. The Hall–Kier alpha value is -0.610. The summed E-state index contributed by atoms with van der Waals surface area (Å²) in [4.78, 5) is 8.13. The lowest BCUT2D eigenvalue weighted by Gasteiger charge is -2.31. The number of hydrogen-bond acceptors (Lipinski definition) is 4. The highest BCUT2D eigenvalue weighted by Crippen LogP contribution is 2.44. The first kappa shape index (κ1) is 12.4. The number of fused-ring (bicyclic) bond motifs is 1. The van der Waals surface area contributed by atoms with Crippen LogP contribution in [0, 0.1) is 11.3 Å². The molecule has 100 valence electrons. The molecular formula is C14H22N2OS. The van der Waals surface area contributed by atoms with Crippen LogP contribution in [0.5, 0.6) is 0 Å². The van der Waals surface area contributed by atoms with Gasteiger partial charge >= 0.3 is 0 Å². The maximum Gasteiger partial charge on any atom is 0.185 e. The second-order valence-corrected chi connectivity index (χ2v) is 7.70. The fourth-order valence-corrected chi connectivity index (χ4v) is 3.85. The summed E-state index contributed by atoms with van der Waals surface area (Å²) in [5.74, 6) is 0.872. The zero-order chi connectivity index (χ0) is 12.9. The molecule has 0 aliphatic heterocycles. The molecule has 0 radical (unpaired) electrons. The van der Waals surface area contributed by atoms with Gasteiger partial charge in [0.05, 0.1) is 16.7 Å². The molecule has 0 saturated heterocycles. The third-order valence-electron chi connectivity index (χ3n) is 3.97. The number of aromatic nitrogens is 1. The monoisotopic (exact) mass is 266 g/mol. The second kappa shape index (κ2) is 4.20. The van der Waals surface area contributed by atoms with Crippen LogP contribution in [0.15, 0.2) is 0 Å². The van der Waals surface area contributed by atoms with Crippen molar-refractivity contribution in [2.24, 2.45) is 11.3 Å². The van der Waals surface area contributed by atoms with Crippen molar-refractivity contribution >= 4 is 16.5 Å². The van der Waals surface area contributed by atoms with Gasteiger partial charge < -0.3 is 10.0 Å². The summed E-state index contributed by atoms with van der Waals surface area (Å²) in [7, 11) is 2.13. The number of rotatable bonds is 3. The predicted molar refractivity (Wildman–Crippen MR) is 75.2 cm³/mol. The molecule has 1 unspecified atom stereocenters. The van der Waals surface area contributed by atoms with Crippen LogP contribution in [-0.4, -0.2) is 23.7 Å². The molecule has 0 amide bonds. The van der Waals surface area contributed by atoms with Crippen LogP contribution < -0.4 is 4.90 Å². The summed E-state index contributed by atoms with van der Waals surface area (Å²) in [5, 5.41) is 11.3. The molecule has 1 fully saturated rings. The zero-order valence-electron chi connectivity index (χ0n) is 11.4. The smallest absolute Gasteiger partial charge is 0.185 e. The molecule has 1 saturated carbocycles. The Balaban J connectivity index is 1.82. The highest BCUT2D eigenvalue weighted by atomic mass is 32.1. The summed E-state index contributed by atoms with van der Waals surface area (Å²) in [6.45, 7) is 5.55. The first-order valence-corrected chi connectivity index (χ1v) is 7.65. The van der Waals surface area contributed by atoms with E-state index in [0.717, 1.165) is 41.0 Å². The van der Waals surface area contributed by atoms with Gasteiger partial charge in [0.15, 0.2) is 5.13 Å². The summed E-state index contributed by atoms with van der Waals surface area (Å²) in [6, 6.07) is 0. The van der Waals surface area contributed by atoms with E-state index < -0.39 is 0 Å². The quantitative estimate of drug-likeness (QED) is 0.913. The topological polar surface area (TPSA) is 36.4 Å². The second-order valence-electron chi connectivity index (χ2n) is 6.69. The standard InChI is InChI=1S/C14H22N2OS/c1-14(2)6-10-12(11(17)7-14)18-13(15-10)16(3)8-9-4-5-9/h9,11,17H,4-8H2,1-3H3. The van der Waals surface area contributed by atoms with E-state index in [2.05, 4.69) is 25.8 Å². The zero-order valence-corrected chi connectivity index (χ0v) is 12.3. The van der Waals surface area contributed by atoms with E-state index in [1.54, 1.807) is 11.3 Å². The Labute approximate surface area is 113 Å². The summed E-state index contributed by atoms with van der Waals surface area (Å²) in [6.07, 6.45) is 4.27. The average molecular weight is 266 g/mol. The van der Waals surface area contributed by atoms with Crippen molar-refractivity contribution < 1.29 is 5.11 Å². The van der Waals surface area contributed by atoms with Gasteiger partial charge in [0.1, 0.15) is 0 Å². The Morgan fingerprint density at radius 1 is 1.44 bits per heavy atom. The molecule has 0 bridgehead atoms. The third kappa shape index (κ3) is 2.41. The first-order valence-electron chi connectivity index (χ1n) is 6.83. The van der Waals surface area contributed by atoms with Crippen molar-refractivity contribution in [2.75, 3.05) is 18.5 Å². The van der Waals surface area contributed by atoms with E-state index in [1.165, 1.54) is 12.8 Å². The summed E-state index contributed by atoms with van der Waals surface area (Å²) < 4.78 is 0. The van der Waals surface area contributed by atoms with Gasteiger partial charge in [-0.3, -0.25) is 0 Å². The molecule has 18 heavy (non-hydrogen) atoms. The Morgan fingerprint density at radius 3 is 2.83 bits per heavy atom. The molecule has 2 aliphatic rings. The molecular weight excluding hydrogens is 244 g/mol. The molecule has 3 nitrogen and oxygen atoms in total. The van der Waals surface area contributed by atoms with Crippen LogP contribution in [-0.2, 0) is 6.42 Å². The Kier molecular flexibility index (Phi) is 2.90. The normalized spacial score (nSPS) is 25.9. The molecule has 1 atom stereocenters. The van der Waals surface area contributed by atoms with Gasteiger partial charge in [0.2, 0.25) is 0 Å². The van der Waals surface area contributed by atoms with Gasteiger partial charge in [-0.15, -0.1) is 0 Å². The van der Waals surface area contributed by atoms with E-state index in [1.807, 2.05) is 0 Å². The van der Waals surface area contributed by atoms with Gasteiger partial charge in [0, 0.05) is 13.6 Å². The highest BCUT2D eigenvalue weighted by Gasteiger charge is 2.34. The molecule has 3 rings (SSSR count). The van der Waals surface area contributed by atoms with E-state index in [4.69, 9.17) is 4.98 Å². The van der Waals surface area contributed by atoms with Crippen LogP contribution >= 0.6 is 11.3 Å². The Morgan fingerprint density at radius 2 is 2.17 bits per heavy atom. The van der Waals surface area contributed by atoms with E-state index >= 15 is 0 Å². The number of aliphatic hydroxyl groups is 1. The minimum Gasteiger partial charge on any atom is -0.387 e. The first-order chi connectivity index (χ1) is 8.44. The molecule has 1 aromatic rings. The molecule has 4 heteroatoms. The Bertz CT molecular complexity index is 451. The largest absolute Gasteiger partial charge is 0.387 e. The lowest BCUT2D eigenvalue weighted by Crippen LogP contribution is -2.24. The van der Waals surface area contributed by atoms with Crippen LogP contribution in [0.4, 0.5) is 5.13 Å². The van der Waals surface area contributed by atoms with Crippen molar-refractivity contribution in [3.63, 3.8) is 0 Å². The number of thiazole rings is 1. The van der Waals surface area contributed by atoms with Gasteiger partial charge in [-0.25, -0.2) is 4.98 Å². The number of aliphatic hydroxyl groups excluding tert-OH is 1. The van der Waals surface area contributed by atoms with Crippen LogP contribution in [0.25, 0.3) is 0 Å². The van der Waals surface area contributed by atoms with E-state index in [-0.39, 0.29) is 11.5 Å². The van der Waals surface area contributed by atoms with Gasteiger partial charge in [-0.2, -0.15) is 0 Å². The minimum absolute atomic E-state index is 0.173. The fraction of sp³-hybridized carbons (Fsp3) is 0.786. The third-order valence-corrected chi connectivity index (χ3v) is 5.28. The molecule has 2 aliphatic carbocycles. The molecule has 1 aromatic heterocycles. The highest BCUT2D eigenvalue weighted by molar-refractivity contribution is 7.15. The SMILES string of the molecule is CN(CC1CC1)c1nc2c(s1)C(O)CC(C)(C)C2. The van der Waals surface area contributed by atoms with Gasteiger partial charge in [-0.1, -0.05) is 25.2 Å². The minimum atomic E-state index is -0.315. The average Bonchev–Trinajstić information content (AvgIpc) is 2.94. The lowest BCUT2D eigenvalue weighted by atomic mass is 9.77. The predicted octanol–water partition coefficient (Wildman–Crippen LogP) is 3.00. The number of anilines is 1. The number of hydrogen-bond donors (Lipinski definition) is 1. The van der Waals surface area contributed by atoms with Crippen LogP contribution in [0.1, 0.15) is 49.8 Å². The van der Waals surface area contributed by atoms with Crippen molar-refractivity contribution in [1.29, 1.82) is 0 Å². The summed E-state index contributed by atoms with van der Waals surface area (Å²) in [5.41, 5.74) is 1.30. The van der Waals surface area contributed by atoms with Crippen molar-refractivity contribution in [3.8, 4) is 0 Å². The fourth-order valence-electron chi connectivity index (χ4n) is 2.81. The van der Waals surface area contributed by atoms with E-state index in [9.17, 15) is 5.11 Å². The lowest BCUT2D eigenvalue weighted by molar-refractivity contribution is 0.102. The van der Waals surface area contributed by atoms with Crippen molar-refractivity contribution in [2.45, 2.75) is 45.6 Å². The van der Waals surface area contributed by atoms with Crippen molar-refractivity contribution in [3.05, 3.63) is 10.6 Å². The maximum absolute atomic E-state index is 10.2.